The maximum absolute atomic E-state index is 12.1. The first-order chi connectivity index (χ1) is 11.4. The zero-order valence-corrected chi connectivity index (χ0v) is 13.6. The highest BCUT2D eigenvalue weighted by Crippen LogP contribution is 2.34. The second kappa shape index (κ2) is 5.07. The van der Waals surface area contributed by atoms with E-state index in [4.69, 9.17) is 0 Å². The van der Waals surface area contributed by atoms with E-state index in [2.05, 4.69) is 10.3 Å². The molecule has 4 rings (SSSR count). The Morgan fingerprint density at radius 2 is 1.92 bits per heavy atom. The second-order valence-corrected chi connectivity index (χ2v) is 7.54. The van der Waals surface area contributed by atoms with Crippen molar-refractivity contribution in [3.05, 3.63) is 59.1 Å². The van der Waals surface area contributed by atoms with Gasteiger partial charge in [0.1, 0.15) is 5.75 Å². The number of pyridine rings is 1. The van der Waals surface area contributed by atoms with E-state index in [1.807, 2.05) is 13.0 Å². The number of aromatic nitrogens is 1. The van der Waals surface area contributed by atoms with Crippen LogP contribution in [0, 0.1) is 6.92 Å². The fraction of sp³-hybridized carbons (Fsp3) is 0.0556. The van der Waals surface area contributed by atoms with Gasteiger partial charge in [-0.05, 0) is 48.4 Å². The molecule has 5 nitrogen and oxygen atoms in total. The molecule has 0 saturated heterocycles. The normalized spacial score (nSPS) is 14.7. The Morgan fingerprint density at radius 3 is 2.75 bits per heavy atom. The number of nitrogens with one attached hydrogen (secondary N) is 1. The SMILES string of the molecule is Cc1ccc(O)cc1Nc1ccnc2cc3c(cc12)S(=O)(=O)C=C3. The largest absolute Gasteiger partial charge is 0.508 e. The summed E-state index contributed by atoms with van der Waals surface area (Å²) in [5.74, 6) is 0.161. The van der Waals surface area contributed by atoms with Crippen LogP contribution in [0.1, 0.15) is 11.1 Å². The van der Waals surface area contributed by atoms with Gasteiger partial charge in [-0.1, -0.05) is 6.07 Å². The summed E-state index contributed by atoms with van der Waals surface area (Å²) in [4.78, 5) is 4.62. The van der Waals surface area contributed by atoms with Gasteiger partial charge < -0.3 is 10.4 Å². The van der Waals surface area contributed by atoms with Crippen LogP contribution >= 0.6 is 0 Å². The minimum atomic E-state index is -3.38. The third-order valence-electron chi connectivity index (χ3n) is 4.10. The quantitative estimate of drug-likeness (QED) is 0.744. The molecule has 6 heteroatoms. The Bertz CT molecular complexity index is 1120. The van der Waals surface area contributed by atoms with Gasteiger partial charge >= 0.3 is 0 Å². The number of phenolic OH excluding ortho intramolecular Hbond substituents is 1. The summed E-state index contributed by atoms with van der Waals surface area (Å²) in [5, 5.41) is 14.9. The summed E-state index contributed by atoms with van der Waals surface area (Å²) >= 11 is 0. The lowest BCUT2D eigenvalue weighted by atomic mass is 10.1. The summed E-state index contributed by atoms with van der Waals surface area (Å²) in [6, 6.07) is 10.3. The average Bonchev–Trinajstić information content (AvgIpc) is 2.84. The van der Waals surface area contributed by atoms with Crippen LogP contribution in [-0.2, 0) is 9.84 Å². The van der Waals surface area contributed by atoms with Gasteiger partial charge in [-0.2, -0.15) is 0 Å². The van der Waals surface area contributed by atoms with Gasteiger partial charge in [-0.15, -0.1) is 0 Å². The van der Waals surface area contributed by atoms with Gasteiger partial charge in [0.05, 0.1) is 10.4 Å². The molecule has 2 aromatic carbocycles. The minimum Gasteiger partial charge on any atom is -0.508 e. The van der Waals surface area contributed by atoms with Crippen LogP contribution < -0.4 is 5.32 Å². The number of hydrogen-bond acceptors (Lipinski definition) is 5. The zero-order chi connectivity index (χ0) is 16.9. The molecule has 2 heterocycles. The molecule has 1 aliphatic heterocycles. The summed E-state index contributed by atoms with van der Waals surface area (Å²) in [5.41, 5.74) is 3.81. The lowest BCUT2D eigenvalue weighted by Gasteiger charge is -2.13. The molecule has 0 bridgehead atoms. The Balaban J connectivity index is 1.89. The predicted octanol–water partition coefficient (Wildman–Crippen LogP) is 3.75. The molecule has 0 unspecified atom stereocenters. The standard InChI is InChI=1S/C18H14N2O3S/c1-11-2-3-13(21)9-16(11)20-15-4-6-19-17-8-12-5-7-24(22,23)18(12)10-14(15)17/h2-10,21H,1H3,(H,19,20). The number of aryl methyl sites for hydroxylation is 1. The molecule has 1 aromatic heterocycles. The van der Waals surface area contributed by atoms with E-state index in [0.29, 0.717) is 21.4 Å². The predicted molar refractivity (Wildman–Crippen MR) is 94.1 cm³/mol. The van der Waals surface area contributed by atoms with Crippen molar-refractivity contribution in [3.63, 3.8) is 0 Å². The molecule has 3 aromatic rings. The number of aromatic hydroxyl groups is 1. The van der Waals surface area contributed by atoms with Crippen molar-refractivity contribution in [1.82, 2.24) is 4.98 Å². The van der Waals surface area contributed by atoms with Crippen molar-refractivity contribution >= 4 is 38.2 Å². The minimum absolute atomic E-state index is 0.161. The van der Waals surface area contributed by atoms with Crippen molar-refractivity contribution in [3.8, 4) is 5.75 Å². The lowest BCUT2D eigenvalue weighted by molar-refractivity contribution is 0.475. The number of nitrogens with zero attached hydrogens (tertiary/aromatic N) is 1. The molecule has 2 N–H and O–H groups in total. The Hall–Kier alpha value is -2.86. The number of benzene rings is 2. The summed E-state index contributed by atoms with van der Waals surface area (Å²) in [6.45, 7) is 1.93. The molecule has 0 aliphatic carbocycles. The van der Waals surface area contributed by atoms with E-state index in [1.165, 1.54) is 5.41 Å². The Labute approximate surface area is 139 Å². The van der Waals surface area contributed by atoms with Crippen LogP contribution in [0.25, 0.3) is 17.0 Å². The second-order valence-electron chi connectivity index (χ2n) is 5.74. The van der Waals surface area contributed by atoms with Gasteiger partial charge in [-0.25, -0.2) is 8.42 Å². The van der Waals surface area contributed by atoms with Gasteiger partial charge in [0.15, 0.2) is 9.84 Å². The first-order valence-corrected chi connectivity index (χ1v) is 8.91. The van der Waals surface area contributed by atoms with E-state index in [1.54, 1.807) is 42.6 Å². The third-order valence-corrected chi connectivity index (χ3v) is 5.56. The number of anilines is 2. The highest BCUT2D eigenvalue weighted by atomic mass is 32.2. The first kappa shape index (κ1) is 14.7. The summed E-state index contributed by atoms with van der Waals surface area (Å²) in [6.07, 6.45) is 3.26. The number of sulfone groups is 1. The molecule has 0 saturated carbocycles. The molecular formula is C18H14N2O3S. The van der Waals surface area contributed by atoms with Crippen LogP contribution in [0.3, 0.4) is 0 Å². The highest BCUT2D eigenvalue weighted by molar-refractivity contribution is 7.94. The number of phenols is 1. The van der Waals surface area contributed by atoms with E-state index < -0.39 is 9.84 Å². The number of rotatable bonds is 2. The van der Waals surface area contributed by atoms with Crippen molar-refractivity contribution in [2.75, 3.05) is 5.32 Å². The van der Waals surface area contributed by atoms with E-state index in [-0.39, 0.29) is 5.75 Å². The first-order valence-electron chi connectivity index (χ1n) is 7.37. The van der Waals surface area contributed by atoms with Gasteiger partial charge in [0.2, 0.25) is 0 Å². The molecule has 0 fully saturated rings. The average molecular weight is 338 g/mol. The summed E-state index contributed by atoms with van der Waals surface area (Å²) < 4.78 is 24.2. The van der Waals surface area contributed by atoms with Gasteiger partial charge in [0, 0.05) is 34.4 Å². The van der Waals surface area contributed by atoms with Crippen LogP contribution in [0.4, 0.5) is 11.4 Å². The smallest absolute Gasteiger partial charge is 0.200 e. The monoisotopic (exact) mass is 338 g/mol. The van der Waals surface area contributed by atoms with E-state index in [9.17, 15) is 13.5 Å². The molecule has 0 radical (unpaired) electrons. The molecule has 24 heavy (non-hydrogen) atoms. The highest BCUT2D eigenvalue weighted by Gasteiger charge is 2.22. The van der Waals surface area contributed by atoms with Gasteiger partial charge in [0.25, 0.3) is 0 Å². The molecule has 0 atom stereocenters. The topological polar surface area (TPSA) is 79.3 Å². The van der Waals surface area contributed by atoms with Crippen LogP contribution in [0.15, 0.2) is 52.9 Å². The van der Waals surface area contributed by atoms with Crippen molar-refractivity contribution < 1.29 is 13.5 Å². The van der Waals surface area contributed by atoms with Crippen LogP contribution in [0.5, 0.6) is 5.75 Å². The molecule has 1 aliphatic rings. The number of fused-ring (bicyclic) bond motifs is 2. The van der Waals surface area contributed by atoms with E-state index >= 15 is 0 Å². The van der Waals surface area contributed by atoms with Crippen molar-refractivity contribution in [2.45, 2.75) is 11.8 Å². The molecule has 120 valence electrons. The fourth-order valence-electron chi connectivity index (χ4n) is 2.80. The Kier molecular flexibility index (Phi) is 3.11. The van der Waals surface area contributed by atoms with Gasteiger partial charge in [-0.3, -0.25) is 4.98 Å². The molecule has 0 amide bonds. The van der Waals surface area contributed by atoms with Crippen LogP contribution in [0.2, 0.25) is 0 Å². The van der Waals surface area contributed by atoms with Crippen molar-refractivity contribution in [1.29, 1.82) is 0 Å². The molecule has 0 spiro atoms. The van der Waals surface area contributed by atoms with Crippen molar-refractivity contribution in [2.24, 2.45) is 0 Å². The summed E-state index contributed by atoms with van der Waals surface area (Å²) in [7, 11) is -3.38. The third kappa shape index (κ3) is 2.32. The number of hydrogen-bond donors (Lipinski definition) is 2. The maximum atomic E-state index is 12.1. The fourth-order valence-corrected chi connectivity index (χ4v) is 4.01. The van der Waals surface area contributed by atoms with Crippen LogP contribution in [-0.4, -0.2) is 18.5 Å². The van der Waals surface area contributed by atoms with E-state index in [0.717, 1.165) is 16.9 Å². The maximum Gasteiger partial charge on any atom is 0.200 e. The zero-order valence-electron chi connectivity index (χ0n) is 12.8. The lowest BCUT2D eigenvalue weighted by Crippen LogP contribution is -1.98. The Morgan fingerprint density at radius 1 is 1.08 bits per heavy atom. The molecular weight excluding hydrogens is 324 g/mol.